The summed E-state index contributed by atoms with van der Waals surface area (Å²) >= 11 is 11.7. The molecule has 0 aromatic heterocycles. The maximum absolute atomic E-state index is 10.6. The first-order chi connectivity index (χ1) is 64.3. The summed E-state index contributed by atoms with van der Waals surface area (Å²) in [5.41, 5.74) is 14.2. The molecule has 132 heavy (non-hydrogen) atoms. The quantitative estimate of drug-likeness (QED) is 0.0307. The molecule has 0 radical (unpaired) electrons. The van der Waals surface area contributed by atoms with E-state index in [1.165, 1.54) is 101 Å². The second-order valence-corrected chi connectivity index (χ2v) is 43.4. The van der Waals surface area contributed by atoms with E-state index in [4.69, 9.17) is 56.8 Å². The molecule has 0 spiro atoms. The Hall–Kier alpha value is -9.78. The van der Waals surface area contributed by atoms with E-state index in [1.807, 2.05) is 168 Å². The molecule has 21 heteroatoms. The van der Waals surface area contributed by atoms with Crippen LogP contribution in [0.3, 0.4) is 0 Å². The second-order valence-electron chi connectivity index (χ2n) is 35.4. The summed E-state index contributed by atoms with van der Waals surface area (Å²) in [4.78, 5) is 0. The summed E-state index contributed by atoms with van der Waals surface area (Å²) in [5, 5.41) is 35.4. The Morgan fingerprint density at radius 3 is 0.508 bits per heavy atom. The Bertz CT molecular complexity index is 5130. The van der Waals surface area contributed by atoms with Gasteiger partial charge in [0.1, 0.15) is 167 Å². The molecule has 0 amide bonds. The van der Waals surface area contributed by atoms with Crippen LogP contribution in [0, 0.1) is 0 Å². The van der Waals surface area contributed by atoms with Crippen molar-refractivity contribution in [2.45, 2.75) is 127 Å². The molecule has 18 rings (SSSR count). The molecule has 0 aliphatic carbocycles. The van der Waals surface area contributed by atoms with Gasteiger partial charge in [-0.15, -0.1) is 0 Å². The lowest BCUT2D eigenvalue weighted by atomic mass is 9.78. The van der Waals surface area contributed by atoms with Crippen LogP contribution in [-0.2, 0) is 23.7 Å². The normalized spacial score (nSPS) is 18.2. The minimum atomic E-state index is -0.759. The van der Waals surface area contributed by atoms with Gasteiger partial charge in [-0.1, -0.05) is 187 Å². The highest BCUT2D eigenvalue weighted by Crippen LogP contribution is 2.41. The van der Waals surface area contributed by atoms with Crippen LogP contribution in [0.2, 0.25) is 0 Å². The van der Waals surface area contributed by atoms with Gasteiger partial charge in [-0.05, 0) is 225 Å². The van der Waals surface area contributed by atoms with Crippen LogP contribution >= 0.6 is 70.6 Å². The first-order valence-electron chi connectivity index (χ1n) is 45.8. The van der Waals surface area contributed by atoms with Gasteiger partial charge >= 0.3 is 0 Å². The summed E-state index contributed by atoms with van der Waals surface area (Å²) < 4.78 is 70.1. The highest BCUT2D eigenvalue weighted by Gasteiger charge is 2.30. The lowest BCUT2D eigenvalue weighted by Crippen LogP contribution is -2.25. The number of aliphatic hydroxyl groups is 3. The van der Waals surface area contributed by atoms with E-state index in [1.54, 1.807) is 0 Å². The molecule has 0 bridgehead atoms. The number of ether oxygens (including phenoxy) is 12. The number of hydrogen-bond acceptors (Lipinski definition) is 21. The highest BCUT2D eigenvalue weighted by atomic mass is 32.2. The Kier molecular flexibility index (Phi) is 33.9. The van der Waals surface area contributed by atoms with Crippen LogP contribution < -0.4 is 56.8 Å². The first kappa shape index (κ1) is 95.4. The van der Waals surface area contributed by atoms with Crippen molar-refractivity contribution in [3.05, 3.63) is 358 Å². The molecule has 690 valence electrons. The van der Waals surface area contributed by atoms with Gasteiger partial charge in [-0.2, -0.15) is 70.6 Å². The topological polar surface area (TPSA) is 171 Å². The van der Waals surface area contributed by atoms with E-state index in [2.05, 4.69) is 236 Å². The van der Waals surface area contributed by atoms with Crippen molar-refractivity contribution >= 4 is 70.6 Å². The summed E-state index contributed by atoms with van der Waals surface area (Å²) in [7, 11) is 0. The molecule has 6 fully saturated rings. The molecule has 6 heterocycles. The van der Waals surface area contributed by atoms with E-state index in [0.717, 1.165) is 110 Å². The standard InChI is InChI=1S/C39H44O5S2.C37H40O5S2.C35H36O5S2/c1-38(2,29-9-17-34(18-10-29)43-23-36-25-45-36)27-5-13-32(14-6-27)41-21-31(40)22-42-33-15-7-28(8-16-33)39(3,4)30-11-19-35(20-12-30)44-24-37-26-46-37;1-25(29-7-15-34(16-8-29)41-21-36-23-43-36)27-3-11-32(12-4-27)39-19-31(38)20-40-33-13-5-28(6-14-33)26(2)30-9-17-35(18-10-30)42-22-37-24-44-37;36-29(19-37-30-9-1-25(2-10-30)17-27-5-13-32(14-6-27)39-21-34-23-41-34)20-38-31-11-3-26(4-12-31)18-28-7-15-33(16-8-28)40-22-35-24-42-35/h5-20,31,36-37,40H,21-26H2,1-4H3;3-18,25-26,31,36-38H,19-24H2,1-2H3;1-16,29,34-36H,17-24H2. The van der Waals surface area contributed by atoms with Crippen molar-refractivity contribution in [2.75, 3.05) is 114 Å². The van der Waals surface area contributed by atoms with Crippen LogP contribution in [0.25, 0.3) is 0 Å². The number of aliphatic hydroxyl groups excluding tert-OH is 3. The van der Waals surface area contributed by atoms with E-state index >= 15 is 0 Å². The Balaban J connectivity index is 0.000000145. The predicted octanol–water partition coefficient (Wildman–Crippen LogP) is 22.6. The van der Waals surface area contributed by atoms with Crippen molar-refractivity contribution < 1.29 is 72.2 Å². The zero-order valence-corrected chi connectivity index (χ0v) is 80.8. The molecular weight excluding hydrogens is 1770 g/mol. The van der Waals surface area contributed by atoms with Gasteiger partial charge in [0.15, 0.2) is 0 Å². The van der Waals surface area contributed by atoms with Gasteiger partial charge in [0, 0.05) is 88.7 Å². The van der Waals surface area contributed by atoms with Crippen LogP contribution in [0.1, 0.15) is 120 Å². The summed E-state index contributed by atoms with van der Waals surface area (Å²) in [5.74, 6) is 17.7. The molecule has 6 aliphatic rings. The highest BCUT2D eigenvalue weighted by molar-refractivity contribution is 8.08. The fraction of sp³-hybridized carbons (Fsp3) is 0.351. The van der Waals surface area contributed by atoms with E-state index in [9.17, 15) is 15.3 Å². The Labute approximate surface area is 804 Å². The van der Waals surface area contributed by atoms with Crippen LogP contribution in [0.4, 0.5) is 0 Å². The van der Waals surface area contributed by atoms with E-state index in [-0.39, 0.29) is 62.3 Å². The maximum atomic E-state index is 10.6. The van der Waals surface area contributed by atoms with E-state index < -0.39 is 18.3 Å². The lowest BCUT2D eigenvalue weighted by Gasteiger charge is -2.27. The number of benzene rings is 12. The van der Waals surface area contributed by atoms with Gasteiger partial charge in [-0.3, -0.25) is 0 Å². The third-order valence-electron chi connectivity index (χ3n) is 24.0. The predicted molar refractivity (Wildman–Crippen MR) is 544 cm³/mol. The summed E-state index contributed by atoms with van der Waals surface area (Å²) in [6.07, 6.45) is -0.552. The fourth-order valence-electron chi connectivity index (χ4n) is 14.7. The zero-order valence-electron chi connectivity index (χ0n) is 75.9. The van der Waals surface area contributed by atoms with Crippen molar-refractivity contribution in [3.63, 3.8) is 0 Å². The third kappa shape index (κ3) is 30.6. The zero-order chi connectivity index (χ0) is 91.0. The van der Waals surface area contributed by atoms with Crippen LogP contribution in [0.15, 0.2) is 291 Å². The second kappa shape index (κ2) is 46.9. The summed E-state index contributed by atoms with van der Waals surface area (Å²) in [6.45, 7) is 19.0. The van der Waals surface area contributed by atoms with Crippen molar-refractivity contribution in [1.82, 2.24) is 0 Å². The molecule has 0 saturated carbocycles. The third-order valence-corrected chi connectivity index (χ3v) is 29.7. The van der Waals surface area contributed by atoms with Gasteiger partial charge in [0.25, 0.3) is 0 Å². The molecule has 12 aromatic rings. The largest absolute Gasteiger partial charge is 0.492 e. The van der Waals surface area contributed by atoms with E-state index in [0.29, 0.717) is 43.0 Å². The van der Waals surface area contributed by atoms with Gasteiger partial charge in [0.05, 0.1) is 0 Å². The molecule has 12 aromatic carbocycles. The summed E-state index contributed by atoms with van der Waals surface area (Å²) in [6, 6.07) is 98.6. The minimum Gasteiger partial charge on any atom is -0.492 e. The lowest BCUT2D eigenvalue weighted by molar-refractivity contribution is 0.0626. The van der Waals surface area contributed by atoms with Crippen LogP contribution in [0.5, 0.6) is 69.0 Å². The smallest absolute Gasteiger partial charge is 0.122 e. The molecule has 8 unspecified atom stereocenters. The fourth-order valence-corrected chi connectivity index (χ4v) is 17.1. The SMILES string of the molecule is CC(C)(c1ccc(OCC(O)COc2ccc(C(C)(C)c3ccc(OCC4CS4)cc3)cc2)cc1)c1ccc(OCC2CS2)cc1.CC(c1ccc(OCC(O)COc2ccc(C(C)c3ccc(OCC4CS4)cc3)cc2)cc1)c1ccc(OCC2CS2)cc1.OC(COc1ccc(Cc2ccc(OCC3CS3)cc2)cc1)COc1ccc(Cc2ccc(OCC3CS3)cc2)cc1. The minimum absolute atomic E-state index is 0.147. The Morgan fingerprint density at radius 1 is 0.220 bits per heavy atom. The van der Waals surface area contributed by atoms with Crippen molar-refractivity contribution in [3.8, 4) is 69.0 Å². The van der Waals surface area contributed by atoms with Crippen molar-refractivity contribution in [1.29, 1.82) is 0 Å². The van der Waals surface area contributed by atoms with Gasteiger partial charge in [-0.25, -0.2) is 0 Å². The molecule has 15 nitrogen and oxygen atoms in total. The Morgan fingerprint density at radius 2 is 0.356 bits per heavy atom. The average Bonchev–Trinajstić information content (AvgIpc) is 1.21. The van der Waals surface area contributed by atoms with Gasteiger partial charge in [0.2, 0.25) is 0 Å². The number of rotatable bonds is 48. The molecule has 8 atom stereocenters. The first-order valence-corrected chi connectivity index (χ1v) is 52.1. The molecular formula is C111H120O15S6. The van der Waals surface area contributed by atoms with Crippen molar-refractivity contribution in [2.24, 2.45) is 0 Å². The molecule has 6 aliphatic heterocycles. The van der Waals surface area contributed by atoms with Gasteiger partial charge < -0.3 is 72.2 Å². The number of hydrogen-bond donors (Lipinski definition) is 3. The monoisotopic (exact) mass is 1880 g/mol. The average molecular weight is 1890 g/mol. The number of thioether (sulfide) groups is 6. The maximum Gasteiger partial charge on any atom is 0.122 e. The molecule has 3 N–H and O–H groups in total. The molecule has 6 saturated heterocycles. The van der Waals surface area contributed by atoms with Crippen LogP contribution in [-0.4, -0.2) is 179 Å².